The van der Waals surface area contributed by atoms with E-state index in [9.17, 15) is 4.79 Å². The highest BCUT2D eigenvalue weighted by atomic mass is 16.2. The van der Waals surface area contributed by atoms with Crippen LogP contribution in [0.5, 0.6) is 0 Å². The molecule has 1 aliphatic carbocycles. The first-order valence-electron chi connectivity index (χ1n) is 6.90. The standard InChI is InChI=1S/C15H20N4O/c1-19(2)14(20)15(8-3-4-9-15)11-17-13-7-5-6-12(10-16)18-13/h5-7H,3-4,8-9,11H2,1-2H3,(H,17,18). The topological polar surface area (TPSA) is 69.0 Å². The Labute approximate surface area is 119 Å². The molecule has 5 heteroatoms. The summed E-state index contributed by atoms with van der Waals surface area (Å²) in [7, 11) is 3.61. The van der Waals surface area contributed by atoms with Crippen LogP contribution >= 0.6 is 0 Å². The van der Waals surface area contributed by atoms with Gasteiger partial charge in [-0.2, -0.15) is 5.26 Å². The molecule has 0 aliphatic heterocycles. The molecular formula is C15H20N4O. The van der Waals surface area contributed by atoms with Crippen LogP contribution in [0.4, 0.5) is 5.82 Å². The Balaban J connectivity index is 2.10. The molecule has 1 aromatic rings. The molecule has 5 nitrogen and oxygen atoms in total. The van der Waals surface area contributed by atoms with Gasteiger partial charge in [-0.05, 0) is 25.0 Å². The third-order valence-corrected chi connectivity index (χ3v) is 3.89. The SMILES string of the molecule is CN(C)C(=O)C1(CNc2cccc(C#N)n2)CCCC1. The first-order chi connectivity index (χ1) is 9.57. The minimum atomic E-state index is -0.326. The molecule has 1 aliphatic rings. The highest BCUT2D eigenvalue weighted by Gasteiger charge is 2.41. The van der Waals surface area contributed by atoms with Gasteiger partial charge in [-0.25, -0.2) is 4.98 Å². The summed E-state index contributed by atoms with van der Waals surface area (Å²) in [6.07, 6.45) is 4.00. The molecule has 0 bridgehead atoms. The van der Waals surface area contributed by atoms with Gasteiger partial charge < -0.3 is 10.2 Å². The summed E-state index contributed by atoms with van der Waals surface area (Å²) in [6.45, 7) is 0.575. The number of hydrogen-bond acceptors (Lipinski definition) is 4. The van der Waals surface area contributed by atoms with Crippen molar-refractivity contribution in [2.75, 3.05) is 26.0 Å². The molecule has 1 saturated carbocycles. The van der Waals surface area contributed by atoms with Crippen molar-refractivity contribution in [2.24, 2.45) is 5.41 Å². The van der Waals surface area contributed by atoms with Crippen LogP contribution in [0.1, 0.15) is 31.4 Å². The number of aromatic nitrogens is 1. The van der Waals surface area contributed by atoms with Crippen molar-refractivity contribution in [1.29, 1.82) is 5.26 Å². The minimum absolute atomic E-state index is 0.180. The van der Waals surface area contributed by atoms with E-state index in [1.54, 1.807) is 31.1 Å². The maximum absolute atomic E-state index is 12.4. The average Bonchev–Trinajstić information content (AvgIpc) is 2.94. The van der Waals surface area contributed by atoms with Crippen LogP contribution < -0.4 is 5.32 Å². The summed E-state index contributed by atoms with van der Waals surface area (Å²) < 4.78 is 0. The maximum atomic E-state index is 12.4. The molecule has 0 spiro atoms. The molecule has 1 fully saturated rings. The van der Waals surface area contributed by atoms with Crippen LogP contribution in [0, 0.1) is 16.7 Å². The van der Waals surface area contributed by atoms with Crippen molar-refractivity contribution in [1.82, 2.24) is 9.88 Å². The normalized spacial score (nSPS) is 16.4. The fourth-order valence-corrected chi connectivity index (χ4v) is 2.85. The second-order valence-corrected chi connectivity index (χ2v) is 5.56. The van der Waals surface area contributed by atoms with Crippen LogP contribution in [0.15, 0.2) is 18.2 Å². The number of pyridine rings is 1. The highest BCUT2D eigenvalue weighted by molar-refractivity contribution is 5.83. The first kappa shape index (κ1) is 14.3. The predicted molar refractivity (Wildman–Crippen MR) is 77.0 cm³/mol. The van der Waals surface area contributed by atoms with Crippen LogP contribution in [0.25, 0.3) is 0 Å². The summed E-state index contributed by atoms with van der Waals surface area (Å²) in [4.78, 5) is 18.3. The first-order valence-corrected chi connectivity index (χ1v) is 6.90. The van der Waals surface area contributed by atoms with Crippen LogP contribution in [0.3, 0.4) is 0 Å². The zero-order valence-corrected chi connectivity index (χ0v) is 12.0. The Kier molecular flexibility index (Phi) is 4.23. The Morgan fingerprint density at radius 2 is 2.15 bits per heavy atom. The van der Waals surface area contributed by atoms with Crippen molar-refractivity contribution in [3.63, 3.8) is 0 Å². The number of anilines is 1. The van der Waals surface area contributed by atoms with E-state index in [-0.39, 0.29) is 11.3 Å². The fourth-order valence-electron chi connectivity index (χ4n) is 2.85. The number of nitrogens with zero attached hydrogens (tertiary/aromatic N) is 3. The van der Waals surface area contributed by atoms with E-state index in [4.69, 9.17) is 5.26 Å². The number of rotatable bonds is 4. The molecule has 0 aromatic carbocycles. The van der Waals surface area contributed by atoms with E-state index >= 15 is 0 Å². The Hall–Kier alpha value is -2.09. The lowest BCUT2D eigenvalue weighted by Gasteiger charge is -2.31. The summed E-state index contributed by atoms with van der Waals surface area (Å²) in [5, 5.41) is 12.1. The third-order valence-electron chi connectivity index (χ3n) is 3.89. The molecule has 0 atom stereocenters. The fraction of sp³-hybridized carbons (Fsp3) is 0.533. The van der Waals surface area contributed by atoms with Gasteiger partial charge in [-0.3, -0.25) is 4.79 Å². The van der Waals surface area contributed by atoms with E-state index in [1.807, 2.05) is 12.1 Å². The van der Waals surface area contributed by atoms with Gasteiger partial charge in [0.2, 0.25) is 5.91 Å². The molecular weight excluding hydrogens is 252 g/mol. The largest absolute Gasteiger partial charge is 0.369 e. The lowest BCUT2D eigenvalue weighted by atomic mass is 9.84. The smallest absolute Gasteiger partial charge is 0.230 e. The van der Waals surface area contributed by atoms with Crippen LogP contribution in [-0.4, -0.2) is 36.4 Å². The van der Waals surface area contributed by atoms with E-state index in [0.717, 1.165) is 25.7 Å². The van der Waals surface area contributed by atoms with Gasteiger partial charge in [-0.1, -0.05) is 18.9 Å². The Morgan fingerprint density at radius 1 is 1.45 bits per heavy atom. The number of hydrogen-bond donors (Lipinski definition) is 1. The molecule has 0 radical (unpaired) electrons. The van der Waals surface area contributed by atoms with Crippen molar-refractivity contribution < 1.29 is 4.79 Å². The van der Waals surface area contributed by atoms with Crippen molar-refractivity contribution in [3.8, 4) is 6.07 Å². The van der Waals surface area contributed by atoms with Crippen LogP contribution in [-0.2, 0) is 4.79 Å². The quantitative estimate of drug-likeness (QED) is 0.910. The summed E-state index contributed by atoms with van der Waals surface area (Å²) in [5.41, 5.74) is 0.0581. The molecule has 0 unspecified atom stereocenters. The lowest BCUT2D eigenvalue weighted by Crippen LogP contribution is -2.43. The summed E-state index contributed by atoms with van der Waals surface area (Å²) >= 11 is 0. The van der Waals surface area contributed by atoms with Crippen LogP contribution in [0.2, 0.25) is 0 Å². The lowest BCUT2D eigenvalue weighted by molar-refractivity contribution is -0.138. The second kappa shape index (κ2) is 5.91. The molecule has 1 amide bonds. The van der Waals surface area contributed by atoms with Gasteiger partial charge in [0.15, 0.2) is 0 Å². The molecule has 0 saturated heterocycles. The van der Waals surface area contributed by atoms with Gasteiger partial charge in [0.1, 0.15) is 17.6 Å². The second-order valence-electron chi connectivity index (χ2n) is 5.56. The molecule has 1 aromatic heterocycles. The summed E-state index contributed by atoms with van der Waals surface area (Å²) in [5.74, 6) is 0.834. The third kappa shape index (κ3) is 2.90. The van der Waals surface area contributed by atoms with E-state index in [2.05, 4.69) is 10.3 Å². The monoisotopic (exact) mass is 272 g/mol. The minimum Gasteiger partial charge on any atom is -0.369 e. The number of carbonyl (C=O) groups excluding carboxylic acids is 1. The number of carbonyl (C=O) groups is 1. The van der Waals surface area contributed by atoms with Gasteiger partial charge >= 0.3 is 0 Å². The molecule has 106 valence electrons. The zero-order chi connectivity index (χ0) is 14.6. The van der Waals surface area contributed by atoms with Gasteiger partial charge in [0.05, 0.1) is 5.41 Å². The highest BCUT2D eigenvalue weighted by Crippen LogP contribution is 2.39. The van der Waals surface area contributed by atoms with Gasteiger partial charge in [0, 0.05) is 20.6 Å². The summed E-state index contributed by atoms with van der Waals surface area (Å²) in [6, 6.07) is 7.31. The van der Waals surface area contributed by atoms with Crippen molar-refractivity contribution >= 4 is 11.7 Å². The van der Waals surface area contributed by atoms with E-state index < -0.39 is 0 Å². The molecule has 20 heavy (non-hydrogen) atoms. The van der Waals surface area contributed by atoms with Gasteiger partial charge in [0.25, 0.3) is 0 Å². The van der Waals surface area contributed by atoms with Crippen molar-refractivity contribution in [3.05, 3.63) is 23.9 Å². The van der Waals surface area contributed by atoms with E-state index in [0.29, 0.717) is 18.1 Å². The number of nitrogens with one attached hydrogen (secondary N) is 1. The Morgan fingerprint density at radius 3 is 2.75 bits per heavy atom. The Bertz CT molecular complexity index is 527. The van der Waals surface area contributed by atoms with Crippen molar-refractivity contribution in [2.45, 2.75) is 25.7 Å². The van der Waals surface area contributed by atoms with E-state index in [1.165, 1.54) is 0 Å². The average molecular weight is 272 g/mol. The molecule has 1 N–H and O–H groups in total. The maximum Gasteiger partial charge on any atom is 0.230 e. The number of amides is 1. The number of nitriles is 1. The predicted octanol–water partition coefficient (Wildman–Crippen LogP) is 2.01. The molecule has 2 rings (SSSR count). The van der Waals surface area contributed by atoms with Gasteiger partial charge in [-0.15, -0.1) is 0 Å². The zero-order valence-electron chi connectivity index (χ0n) is 12.0. The molecule has 1 heterocycles.